The first kappa shape index (κ1) is 11.6. The lowest BCUT2D eigenvalue weighted by atomic mass is 10.1. The normalized spacial score (nSPS) is 11.8. The molecule has 1 aromatic rings. The number of aliphatic imine (C=N–C) groups is 1. The largest absolute Gasteiger partial charge is 0.370 e. The summed E-state index contributed by atoms with van der Waals surface area (Å²) >= 11 is 0. The number of hydrogen-bond acceptors (Lipinski definition) is 3. The molecule has 1 heterocycles. The van der Waals surface area contributed by atoms with Crippen molar-refractivity contribution in [2.75, 3.05) is 7.05 Å². The van der Waals surface area contributed by atoms with Crippen molar-refractivity contribution in [3.63, 3.8) is 0 Å². The minimum atomic E-state index is 0.431. The SMILES string of the molecule is CCc1noc(CC)c1CNC(N)=NC. The first-order valence-corrected chi connectivity index (χ1v) is 5.15. The predicted octanol–water partition coefficient (Wildman–Crippen LogP) is 0.834. The lowest BCUT2D eigenvalue weighted by Gasteiger charge is -2.04. The quantitative estimate of drug-likeness (QED) is 0.570. The number of nitrogens with one attached hydrogen (secondary N) is 1. The van der Waals surface area contributed by atoms with Crippen molar-refractivity contribution < 1.29 is 4.52 Å². The summed E-state index contributed by atoms with van der Waals surface area (Å²) in [6, 6.07) is 0. The summed E-state index contributed by atoms with van der Waals surface area (Å²) in [6.07, 6.45) is 1.71. The molecule has 0 fully saturated rings. The zero-order valence-corrected chi connectivity index (χ0v) is 9.50. The maximum Gasteiger partial charge on any atom is 0.188 e. The standard InChI is InChI=1S/C10H18N4O/c1-4-8-7(6-13-10(11)12-3)9(5-2)15-14-8/h4-6H2,1-3H3,(H3,11,12,13). The van der Waals surface area contributed by atoms with Gasteiger partial charge in [0, 0.05) is 25.6 Å². The van der Waals surface area contributed by atoms with Crippen molar-refractivity contribution in [3.05, 3.63) is 17.0 Å². The molecule has 0 atom stereocenters. The number of guanidine groups is 1. The first-order chi connectivity index (χ1) is 7.22. The van der Waals surface area contributed by atoms with Gasteiger partial charge in [-0.15, -0.1) is 0 Å². The van der Waals surface area contributed by atoms with E-state index in [2.05, 4.69) is 22.4 Å². The predicted molar refractivity (Wildman–Crippen MR) is 59.6 cm³/mol. The van der Waals surface area contributed by atoms with E-state index in [4.69, 9.17) is 10.3 Å². The molecule has 0 aromatic carbocycles. The molecule has 84 valence electrons. The van der Waals surface area contributed by atoms with E-state index in [1.54, 1.807) is 7.05 Å². The highest BCUT2D eigenvalue weighted by Crippen LogP contribution is 2.15. The van der Waals surface area contributed by atoms with Crippen LogP contribution >= 0.6 is 0 Å². The van der Waals surface area contributed by atoms with Gasteiger partial charge in [0.1, 0.15) is 5.76 Å². The summed E-state index contributed by atoms with van der Waals surface area (Å²) in [5.41, 5.74) is 7.65. The van der Waals surface area contributed by atoms with Gasteiger partial charge in [-0.3, -0.25) is 4.99 Å². The smallest absolute Gasteiger partial charge is 0.188 e. The third kappa shape index (κ3) is 2.71. The van der Waals surface area contributed by atoms with Crippen molar-refractivity contribution >= 4 is 5.96 Å². The number of rotatable bonds is 4. The van der Waals surface area contributed by atoms with E-state index in [1.807, 2.05) is 6.92 Å². The van der Waals surface area contributed by atoms with Crippen LogP contribution in [-0.2, 0) is 19.4 Å². The van der Waals surface area contributed by atoms with Gasteiger partial charge in [0.25, 0.3) is 0 Å². The molecule has 0 saturated heterocycles. The number of nitrogens with two attached hydrogens (primary N) is 1. The van der Waals surface area contributed by atoms with Crippen LogP contribution in [0, 0.1) is 0 Å². The Balaban J connectivity index is 2.77. The average molecular weight is 210 g/mol. The van der Waals surface area contributed by atoms with Gasteiger partial charge in [0.05, 0.1) is 5.69 Å². The second-order valence-corrected chi connectivity index (χ2v) is 3.20. The van der Waals surface area contributed by atoms with E-state index < -0.39 is 0 Å². The third-order valence-corrected chi connectivity index (χ3v) is 2.29. The molecule has 1 aromatic heterocycles. The topological polar surface area (TPSA) is 76.4 Å². The molecule has 0 aliphatic heterocycles. The molecule has 5 heteroatoms. The Hall–Kier alpha value is -1.52. The highest BCUT2D eigenvalue weighted by molar-refractivity contribution is 5.77. The van der Waals surface area contributed by atoms with E-state index >= 15 is 0 Å². The average Bonchev–Trinajstić information content (AvgIpc) is 2.67. The van der Waals surface area contributed by atoms with Crippen LogP contribution in [0.5, 0.6) is 0 Å². The Labute approximate surface area is 89.7 Å². The maximum absolute atomic E-state index is 5.56. The first-order valence-electron chi connectivity index (χ1n) is 5.15. The Morgan fingerprint density at radius 2 is 2.20 bits per heavy atom. The summed E-state index contributed by atoms with van der Waals surface area (Å²) in [7, 11) is 1.65. The molecule has 0 amide bonds. The summed E-state index contributed by atoms with van der Waals surface area (Å²) < 4.78 is 5.23. The zero-order chi connectivity index (χ0) is 11.3. The molecular formula is C10H18N4O. The fraction of sp³-hybridized carbons (Fsp3) is 0.600. The second-order valence-electron chi connectivity index (χ2n) is 3.20. The summed E-state index contributed by atoms with van der Waals surface area (Å²) in [6.45, 7) is 4.72. The van der Waals surface area contributed by atoms with Crippen molar-refractivity contribution in [2.24, 2.45) is 10.7 Å². The van der Waals surface area contributed by atoms with Gasteiger partial charge in [-0.2, -0.15) is 0 Å². The van der Waals surface area contributed by atoms with E-state index in [-0.39, 0.29) is 0 Å². The minimum Gasteiger partial charge on any atom is -0.370 e. The fourth-order valence-corrected chi connectivity index (χ4v) is 1.40. The molecule has 0 radical (unpaired) electrons. The Morgan fingerprint density at radius 1 is 1.47 bits per heavy atom. The van der Waals surface area contributed by atoms with Gasteiger partial charge in [0.15, 0.2) is 5.96 Å². The lowest BCUT2D eigenvalue weighted by molar-refractivity contribution is 0.380. The fourth-order valence-electron chi connectivity index (χ4n) is 1.40. The van der Waals surface area contributed by atoms with Crippen LogP contribution in [0.3, 0.4) is 0 Å². The van der Waals surface area contributed by atoms with Crippen LogP contribution in [0.25, 0.3) is 0 Å². The molecule has 0 saturated carbocycles. The maximum atomic E-state index is 5.56. The van der Waals surface area contributed by atoms with Gasteiger partial charge >= 0.3 is 0 Å². The van der Waals surface area contributed by atoms with Crippen molar-refractivity contribution in [1.29, 1.82) is 0 Å². The van der Waals surface area contributed by atoms with Gasteiger partial charge in [-0.1, -0.05) is 19.0 Å². The van der Waals surface area contributed by atoms with Crippen LogP contribution in [0.2, 0.25) is 0 Å². The van der Waals surface area contributed by atoms with E-state index in [0.717, 1.165) is 29.9 Å². The van der Waals surface area contributed by atoms with Crippen LogP contribution < -0.4 is 11.1 Å². The molecule has 5 nitrogen and oxygen atoms in total. The van der Waals surface area contributed by atoms with Gasteiger partial charge in [-0.05, 0) is 6.42 Å². The molecule has 0 unspecified atom stereocenters. The number of aromatic nitrogens is 1. The third-order valence-electron chi connectivity index (χ3n) is 2.29. The zero-order valence-electron chi connectivity index (χ0n) is 9.50. The highest BCUT2D eigenvalue weighted by atomic mass is 16.5. The minimum absolute atomic E-state index is 0.431. The molecule has 0 bridgehead atoms. The number of nitrogens with zero attached hydrogens (tertiary/aromatic N) is 2. The highest BCUT2D eigenvalue weighted by Gasteiger charge is 2.12. The van der Waals surface area contributed by atoms with Crippen LogP contribution in [0.4, 0.5) is 0 Å². The van der Waals surface area contributed by atoms with E-state index in [0.29, 0.717) is 12.5 Å². The van der Waals surface area contributed by atoms with Gasteiger partial charge in [0.2, 0.25) is 0 Å². The van der Waals surface area contributed by atoms with Crippen LogP contribution in [-0.4, -0.2) is 18.2 Å². The Bertz CT molecular complexity index is 322. The number of hydrogen-bond donors (Lipinski definition) is 2. The van der Waals surface area contributed by atoms with Crippen LogP contribution in [0.15, 0.2) is 9.52 Å². The molecule has 0 aliphatic rings. The summed E-state index contributed by atoms with van der Waals surface area (Å²) in [4.78, 5) is 3.83. The monoisotopic (exact) mass is 210 g/mol. The van der Waals surface area contributed by atoms with Crippen LogP contribution in [0.1, 0.15) is 30.9 Å². The van der Waals surface area contributed by atoms with Crippen molar-refractivity contribution in [2.45, 2.75) is 33.2 Å². The summed E-state index contributed by atoms with van der Waals surface area (Å²) in [5.74, 6) is 1.35. The lowest BCUT2D eigenvalue weighted by Crippen LogP contribution is -2.31. The summed E-state index contributed by atoms with van der Waals surface area (Å²) in [5, 5.41) is 7.03. The van der Waals surface area contributed by atoms with Gasteiger partial charge < -0.3 is 15.6 Å². The van der Waals surface area contributed by atoms with E-state index in [1.165, 1.54) is 0 Å². The molecule has 3 N–H and O–H groups in total. The molecule has 15 heavy (non-hydrogen) atoms. The Kier molecular flexibility index (Phi) is 4.15. The molecule has 1 rings (SSSR count). The molecular weight excluding hydrogens is 192 g/mol. The molecule has 0 spiro atoms. The van der Waals surface area contributed by atoms with Crippen molar-refractivity contribution in [3.8, 4) is 0 Å². The molecule has 0 aliphatic carbocycles. The second kappa shape index (κ2) is 5.38. The number of aryl methyl sites for hydroxylation is 2. The van der Waals surface area contributed by atoms with Gasteiger partial charge in [-0.25, -0.2) is 0 Å². The Morgan fingerprint density at radius 3 is 2.73 bits per heavy atom. The van der Waals surface area contributed by atoms with E-state index in [9.17, 15) is 0 Å². The van der Waals surface area contributed by atoms with Crippen molar-refractivity contribution in [1.82, 2.24) is 10.5 Å².